The van der Waals surface area contributed by atoms with Crippen LogP contribution in [0.5, 0.6) is 0 Å². The lowest BCUT2D eigenvalue weighted by atomic mass is 9.98. The number of aliphatic imine (C=N–C) groups is 1. The Morgan fingerprint density at radius 2 is 2.00 bits per heavy atom. The van der Waals surface area contributed by atoms with Crippen LogP contribution in [0.3, 0.4) is 0 Å². The van der Waals surface area contributed by atoms with Gasteiger partial charge in [-0.05, 0) is 53.4 Å². The molecule has 29 heavy (non-hydrogen) atoms. The van der Waals surface area contributed by atoms with Gasteiger partial charge in [0.2, 0.25) is 0 Å². The summed E-state index contributed by atoms with van der Waals surface area (Å²) in [7, 11) is 3.73. The number of ether oxygens (including phenoxy) is 1. The number of piperidine rings is 1. The Morgan fingerprint density at radius 3 is 2.55 bits per heavy atom. The van der Waals surface area contributed by atoms with E-state index >= 15 is 0 Å². The van der Waals surface area contributed by atoms with Gasteiger partial charge in [0.1, 0.15) is 5.60 Å². The maximum Gasteiger partial charge on any atom is 0.410 e. The Labute approximate surface area is 191 Å². The number of carbonyl (C=O) groups is 1. The first-order chi connectivity index (χ1) is 13.1. The minimum atomic E-state index is -0.462. The highest BCUT2D eigenvalue weighted by molar-refractivity contribution is 14.0. The summed E-state index contributed by atoms with van der Waals surface area (Å²) in [4.78, 5) is 18.5. The van der Waals surface area contributed by atoms with Crippen LogP contribution in [-0.4, -0.2) is 59.0 Å². The van der Waals surface area contributed by atoms with Gasteiger partial charge in [-0.3, -0.25) is 9.67 Å². The Morgan fingerprint density at radius 1 is 1.31 bits per heavy atom. The molecule has 2 heterocycles. The van der Waals surface area contributed by atoms with E-state index in [0.29, 0.717) is 19.0 Å². The number of nitrogens with zero attached hydrogens (tertiary/aromatic N) is 4. The van der Waals surface area contributed by atoms with Gasteiger partial charge in [-0.15, -0.1) is 24.0 Å². The topological polar surface area (TPSA) is 83.8 Å². The summed E-state index contributed by atoms with van der Waals surface area (Å²) in [5.41, 5.74) is 2.92. The number of aromatic nitrogens is 2. The molecule has 1 amide bonds. The molecular weight excluding hydrogens is 483 g/mol. The fraction of sp³-hybridized carbons (Fsp3) is 0.750. The van der Waals surface area contributed by atoms with Gasteiger partial charge in [0.15, 0.2) is 5.96 Å². The van der Waals surface area contributed by atoms with Gasteiger partial charge in [0, 0.05) is 51.5 Å². The lowest BCUT2D eigenvalue weighted by molar-refractivity contribution is 0.0168. The first-order valence-corrected chi connectivity index (χ1v) is 10.0. The number of nitrogens with one attached hydrogen (secondary N) is 2. The largest absolute Gasteiger partial charge is 0.444 e. The van der Waals surface area contributed by atoms with Crippen LogP contribution in [0, 0.1) is 19.8 Å². The SMILES string of the molecule is CN=C(NCc1c(C)nn(C)c1C)NCC1CCCN(C(=O)OC(C)(C)C)C1.I. The van der Waals surface area contributed by atoms with Crippen LogP contribution in [0.4, 0.5) is 4.79 Å². The Hall–Kier alpha value is -1.52. The van der Waals surface area contributed by atoms with Gasteiger partial charge in [-0.1, -0.05) is 0 Å². The van der Waals surface area contributed by atoms with Gasteiger partial charge >= 0.3 is 6.09 Å². The van der Waals surface area contributed by atoms with Crippen LogP contribution in [0.2, 0.25) is 0 Å². The molecule has 0 aromatic carbocycles. The molecule has 0 spiro atoms. The molecule has 1 aromatic heterocycles. The molecule has 1 atom stereocenters. The van der Waals surface area contributed by atoms with Crippen LogP contribution < -0.4 is 10.6 Å². The van der Waals surface area contributed by atoms with Crippen LogP contribution >= 0.6 is 24.0 Å². The summed E-state index contributed by atoms with van der Waals surface area (Å²) in [6, 6.07) is 0. The number of halogens is 1. The smallest absolute Gasteiger partial charge is 0.410 e. The Balaban J connectivity index is 0.00000420. The molecule has 1 unspecified atom stereocenters. The van der Waals surface area contributed by atoms with E-state index in [9.17, 15) is 4.79 Å². The predicted molar refractivity (Wildman–Crippen MR) is 127 cm³/mol. The zero-order valence-corrected chi connectivity index (χ0v) is 21.2. The van der Waals surface area contributed by atoms with Crippen molar-refractivity contribution in [2.75, 3.05) is 26.7 Å². The first-order valence-electron chi connectivity index (χ1n) is 10.0. The molecule has 1 aliphatic heterocycles. The average molecular weight is 520 g/mol. The lowest BCUT2D eigenvalue weighted by Gasteiger charge is -2.34. The second-order valence-electron chi connectivity index (χ2n) is 8.51. The summed E-state index contributed by atoms with van der Waals surface area (Å²) in [5, 5.41) is 11.2. The minimum Gasteiger partial charge on any atom is -0.444 e. The number of hydrogen-bond donors (Lipinski definition) is 2. The van der Waals surface area contributed by atoms with Crippen molar-refractivity contribution in [3.05, 3.63) is 17.0 Å². The van der Waals surface area contributed by atoms with Crippen molar-refractivity contribution in [1.82, 2.24) is 25.3 Å². The third-order valence-corrected chi connectivity index (χ3v) is 5.04. The number of rotatable bonds is 4. The molecule has 2 N–H and O–H groups in total. The van der Waals surface area contributed by atoms with Gasteiger partial charge in [0.05, 0.1) is 5.69 Å². The molecule has 0 bridgehead atoms. The van der Waals surface area contributed by atoms with Crippen molar-refractivity contribution < 1.29 is 9.53 Å². The van der Waals surface area contributed by atoms with Gasteiger partial charge in [-0.2, -0.15) is 5.10 Å². The second-order valence-corrected chi connectivity index (χ2v) is 8.51. The van der Waals surface area contributed by atoms with Gasteiger partial charge < -0.3 is 20.3 Å². The molecule has 0 radical (unpaired) electrons. The number of carbonyl (C=O) groups excluding carboxylic acids is 1. The molecule has 166 valence electrons. The third-order valence-electron chi connectivity index (χ3n) is 5.04. The highest BCUT2D eigenvalue weighted by Gasteiger charge is 2.27. The number of aryl methyl sites for hydroxylation is 2. The molecule has 2 rings (SSSR count). The summed E-state index contributed by atoms with van der Waals surface area (Å²) < 4.78 is 7.41. The zero-order chi connectivity index (χ0) is 20.9. The highest BCUT2D eigenvalue weighted by Crippen LogP contribution is 2.19. The molecular formula is C20H37IN6O2. The second kappa shape index (κ2) is 11.0. The van der Waals surface area contributed by atoms with Crippen LogP contribution in [0.15, 0.2) is 4.99 Å². The molecule has 1 aliphatic rings. The summed E-state index contributed by atoms with van der Waals surface area (Å²) in [5.74, 6) is 1.14. The van der Waals surface area contributed by atoms with Crippen molar-refractivity contribution in [2.24, 2.45) is 18.0 Å². The Bertz CT molecular complexity index is 711. The minimum absolute atomic E-state index is 0. The number of hydrogen-bond acceptors (Lipinski definition) is 4. The number of amides is 1. The predicted octanol–water partition coefficient (Wildman–Crippen LogP) is 2.97. The fourth-order valence-corrected chi connectivity index (χ4v) is 3.43. The van der Waals surface area contributed by atoms with Crippen LogP contribution in [-0.2, 0) is 18.3 Å². The average Bonchev–Trinajstić information content (AvgIpc) is 2.86. The summed E-state index contributed by atoms with van der Waals surface area (Å²) in [6.45, 7) is 12.7. The Kier molecular flexibility index (Phi) is 9.70. The van der Waals surface area contributed by atoms with Gasteiger partial charge in [-0.25, -0.2) is 4.79 Å². The standard InChI is InChI=1S/C20H36N6O2.HI/c1-14-17(15(2)25(7)24-14)12-23-18(21-6)22-11-16-9-8-10-26(13-16)19(27)28-20(3,4)5;/h16H,8-13H2,1-7H3,(H2,21,22,23);1H. The quantitative estimate of drug-likeness (QED) is 0.363. The van der Waals surface area contributed by atoms with E-state index in [1.165, 1.54) is 5.56 Å². The fourth-order valence-electron chi connectivity index (χ4n) is 3.43. The van der Waals surface area contributed by atoms with Crippen LogP contribution in [0.25, 0.3) is 0 Å². The van der Waals surface area contributed by atoms with Crippen molar-refractivity contribution >= 4 is 36.0 Å². The van der Waals surface area contributed by atoms with E-state index in [4.69, 9.17) is 4.74 Å². The normalized spacial score (nSPS) is 17.6. The third kappa shape index (κ3) is 7.67. The highest BCUT2D eigenvalue weighted by atomic mass is 127. The van der Waals surface area contributed by atoms with E-state index < -0.39 is 5.60 Å². The maximum atomic E-state index is 12.3. The van der Waals surface area contributed by atoms with E-state index in [2.05, 4.69) is 27.6 Å². The lowest BCUT2D eigenvalue weighted by Crippen LogP contribution is -2.47. The summed E-state index contributed by atoms with van der Waals surface area (Å²) in [6.07, 6.45) is 1.86. The molecule has 9 heteroatoms. The number of likely N-dealkylation sites (tertiary alicyclic amines) is 1. The van der Waals surface area contributed by atoms with E-state index in [1.54, 1.807) is 7.05 Å². The van der Waals surface area contributed by atoms with E-state index in [1.807, 2.05) is 44.3 Å². The monoisotopic (exact) mass is 520 g/mol. The van der Waals surface area contributed by atoms with Crippen molar-refractivity contribution in [2.45, 2.75) is 59.6 Å². The maximum absolute atomic E-state index is 12.3. The van der Waals surface area contributed by atoms with Crippen molar-refractivity contribution in [1.29, 1.82) is 0 Å². The summed E-state index contributed by atoms with van der Waals surface area (Å²) >= 11 is 0. The molecule has 0 saturated carbocycles. The molecule has 1 saturated heterocycles. The molecule has 8 nitrogen and oxygen atoms in total. The van der Waals surface area contributed by atoms with Crippen molar-refractivity contribution in [3.63, 3.8) is 0 Å². The molecule has 1 aromatic rings. The molecule has 1 fully saturated rings. The molecule has 0 aliphatic carbocycles. The van der Waals surface area contributed by atoms with Gasteiger partial charge in [0.25, 0.3) is 0 Å². The van der Waals surface area contributed by atoms with Crippen LogP contribution in [0.1, 0.15) is 50.6 Å². The zero-order valence-electron chi connectivity index (χ0n) is 18.8. The van der Waals surface area contributed by atoms with E-state index in [0.717, 1.165) is 43.3 Å². The first kappa shape index (κ1) is 25.5. The van der Waals surface area contributed by atoms with E-state index in [-0.39, 0.29) is 30.1 Å². The van der Waals surface area contributed by atoms with Crippen molar-refractivity contribution in [3.8, 4) is 0 Å². The number of guanidine groups is 1.